The second kappa shape index (κ2) is 13.3. The van der Waals surface area contributed by atoms with Crippen LogP contribution in [0.25, 0.3) is 0 Å². The van der Waals surface area contributed by atoms with Crippen LogP contribution in [0, 0.1) is 0 Å². The van der Waals surface area contributed by atoms with Gasteiger partial charge >= 0.3 is 17.1 Å². The van der Waals surface area contributed by atoms with Gasteiger partial charge in [-0.3, -0.25) is 0 Å². The van der Waals surface area contributed by atoms with E-state index in [4.69, 9.17) is 0 Å². The van der Waals surface area contributed by atoms with Crippen LogP contribution in [0.2, 0.25) is 0 Å². The Bertz CT molecular complexity index is 105. The zero-order chi connectivity index (χ0) is 8.57. The van der Waals surface area contributed by atoms with Crippen LogP contribution in [0.15, 0.2) is 0 Å². The molecule has 0 aromatic carbocycles. The topological polar surface area (TPSA) is 24.1 Å². The number of nitrogens with one attached hydrogen (secondary N) is 2. The van der Waals surface area contributed by atoms with Crippen molar-refractivity contribution in [2.45, 2.75) is 0 Å². The van der Waals surface area contributed by atoms with Gasteiger partial charge in [-0.25, -0.2) is 0 Å². The van der Waals surface area contributed by atoms with Gasteiger partial charge in [0.05, 0.1) is 0 Å². The molecule has 0 aliphatic rings. The van der Waals surface area contributed by atoms with E-state index in [0.717, 1.165) is 0 Å². The van der Waals surface area contributed by atoms with Gasteiger partial charge in [0.25, 0.3) is 0 Å². The Balaban J connectivity index is -0.000000107. The Morgan fingerprint density at radius 2 is 1.09 bits per heavy atom. The van der Waals surface area contributed by atoms with Crippen molar-refractivity contribution in [2.75, 3.05) is 14.1 Å². The van der Waals surface area contributed by atoms with Crippen molar-refractivity contribution >= 4 is 58.3 Å². The van der Waals surface area contributed by atoms with Crippen molar-refractivity contribution in [1.82, 2.24) is 10.6 Å². The molecule has 65 valence electrons. The van der Waals surface area contributed by atoms with E-state index >= 15 is 0 Å². The molecule has 7 heteroatoms. The molecule has 0 atom stereocenters. The minimum atomic E-state index is 0. The summed E-state index contributed by atoms with van der Waals surface area (Å²) in [5, 5.41) is 5.15. The fourth-order valence-electron chi connectivity index (χ4n) is 0. The third-order valence-corrected chi connectivity index (χ3v) is 1.22. The van der Waals surface area contributed by atoms with Crippen molar-refractivity contribution < 1.29 is 17.1 Å². The van der Waals surface area contributed by atoms with Gasteiger partial charge < -0.3 is 60.3 Å². The van der Waals surface area contributed by atoms with Crippen LogP contribution < -0.4 is 10.6 Å². The molecule has 1 radical (unpaired) electrons. The largest absolute Gasteiger partial charge is 2.00 e. The maximum absolute atomic E-state index is 4.40. The zero-order valence-electron chi connectivity index (χ0n) is 6.01. The first-order valence-corrected chi connectivity index (χ1v) is 3.95. The Morgan fingerprint density at radius 3 is 1.09 bits per heavy atom. The maximum atomic E-state index is 4.40. The number of hydrogen-bond donors (Lipinski definition) is 2. The summed E-state index contributed by atoms with van der Waals surface area (Å²) >= 11 is 17.6. The third kappa shape index (κ3) is 36.5. The zero-order valence-corrected chi connectivity index (χ0v) is 10.5. The van der Waals surface area contributed by atoms with Crippen molar-refractivity contribution in [3.63, 3.8) is 0 Å². The summed E-state index contributed by atoms with van der Waals surface area (Å²) in [7, 11) is 3.41. The first-order chi connectivity index (χ1) is 4.54. The quantitative estimate of drug-likeness (QED) is 0.366. The number of thiocarbonyl (C=S) groups is 2. The Morgan fingerprint density at radius 1 is 1.00 bits per heavy atom. The summed E-state index contributed by atoms with van der Waals surface area (Å²) in [6.07, 6.45) is 0. The molecule has 0 aromatic rings. The molecular weight excluding hydrogens is 259 g/mol. The minimum Gasteiger partial charge on any atom is -0.412 e. The predicted octanol–water partition coefficient (Wildman–Crippen LogP) is 0.0727. The van der Waals surface area contributed by atoms with Crippen molar-refractivity contribution in [3.05, 3.63) is 0 Å². The van der Waals surface area contributed by atoms with Gasteiger partial charge in [0.1, 0.15) is 0 Å². The van der Waals surface area contributed by atoms with Crippen LogP contribution in [0.4, 0.5) is 0 Å². The molecule has 2 nitrogen and oxygen atoms in total. The average Bonchev–Trinajstić information content (AvgIpc) is 1.89. The third-order valence-electron chi connectivity index (χ3n) is 0.408. The Kier molecular flexibility index (Phi) is 21.5. The van der Waals surface area contributed by atoms with Gasteiger partial charge in [-0.15, -0.1) is 0 Å². The normalized spacial score (nSPS) is 6.00. The summed E-state index contributed by atoms with van der Waals surface area (Å²) in [6.45, 7) is 0. The van der Waals surface area contributed by atoms with Crippen LogP contribution in [0.5, 0.6) is 0 Å². The molecule has 0 aliphatic heterocycles. The fraction of sp³-hybridized carbons (Fsp3) is 0.500. The molecule has 0 unspecified atom stereocenters. The van der Waals surface area contributed by atoms with E-state index in [0.29, 0.717) is 8.64 Å². The smallest absolute Gasteiger partial charge is 0.412 e. The molecule has 0 fully saturated rings. The summed E-state index contributed by atoms with van der Waals surface area (Å²) in [5.41, 5.74) is 0. The van der Waals surface area contributed by atoms with Gasteiger partial charge in [-0.1, -0.05) is 8.64 Å². The van der Waals surface area contributed by atoms with Crippen LogP contribution in [-0.2, 0) is 42.3 Å². The van der Waals surface area contributed by atoms with Crippen LogP contribution >= 0.6 is 24.4 Å². The molecule has 0 saturated heterocycles. The van der Waals surface area contributed by atoms with E-state index in [-0.39, 0.29) is 17.1 Å². The van der Waals surface area contributed by atoms with Crippen molar-refractivity contribution in [1.29, 1.82) is 0 Å². The van der Waals surface area contributed by atoms with E-state index in [1.54, 1.807) is 14.1 Å². The first kappa shape index (κ1) is 17.7. The molecule has 0 amide bonds. The summed E-state index contributed by atoms with van der Waals surface area (Å²) in [5.74, 6) is 0. The van der Waals surface area contributed by atoms with E-state index in [2.05, 4.69) is 60.3 Å². The molecule has 0 bridgehead atoms. The minimum absolute atomic E-state index is 0. The Labute approximate surface area is 99.6 Å². The molecule has 11 heavy (non-hydrogen) atoms. The van der Waals surface area contributed by atoms with Gasteiger partial charge in [0, 0.05) is 14.1 Å². The van der Waals surface area contributed by atoms with Crippen LogP contribution in [0.1, 0.15) is 0 Å². The predicted molar refractivity (Wildman–Crippen MR) is 58.0 cm³/mol. The van der Waals surface area contributed by atoms with E-state index in [9.17, 15) is 0 Å². The number of hydrogen-bond acceptors (Lipinski definition) is 4. The van der Waals surface area contributed by atoms with Crippen LogP contribution in [-0.4, -0.2) is 22.7 Å². The molecule has 0 saturated carbocycles. The first-order valence-electron chi connectivity index (χ1n) is 2.32. The van der Waals surface area contributed by atoms with Gasteiger partial charge in [0.15, 0.2) is 0 Å². The molecule has 0 aromatic heterocycles. The molecule has 0 spiro atoms. The maximum Gasteiger partial charge on any atom is 2.00 e. The summed E-state index contributed by atoms with van der Waals surface area (Å²) in [4.78, 5) is 0. The van der Waals surface area contributed by atoms with E-state index < -0.39 is 0 Å². The Hall–Kier alpha value is 0.739. The second-order valence-corrected chi connectivity index (χ2v) is 3.22. The summed E-state index contributed by atoms with van der Waals surface area (Å²) < 4.78 is 0.843. The van der Waals surface area contributed by atoms with Crippen LogP contribution in [0.3, 0.4) is 0 Å². The fourth-order valence-corrected chi connectivity index (χ4v) is 0. The second-order valence-electron chi connectivity index (χ2n) is 1.07. The van der Waals surface area contributed by atoms with Crippen molar-refractivity contribution in [3.8, 4) is 0 Å². The molecule has 0 rings (SSSR count). The van der Waals surface area contributed by atoms with Crippen molar-refractivity contribution in [2.24, 2.45) is 0 Å². The number of rotatable bonds is 0. The van der Waals surface area contributed by atoms with E-state index in [1.807, 2.05) is 0 Å². The molecule has 2 N–H and O–H groups in total. The summed E-state index contributed by atoms with van der Waals surface area (Å²) in [6, 6.07) is 0. The SMILES string of the molecule is CNC(=S)[S-].CNC(=S)[S-].[Mn+2]. The van der Waals surface area contributed by atoms with Gasteiger partial charge in [-0.2, -0.15) is 0 Å². The standard InChI is InChI=1S/2C2H5NS2.Mn/c2*1-3-2(4)5;/h2*1H3,(H2,3,4,5);/q;;+2/p-2. The van der Waals surface area contributed by atoms with Gasteiger partial charge in [-0.05, 0) is 0 Å². The monoisotopic (exact) mass is 267 g/mol. The molecule has 0 aliphatic carbocycles. The van der Waals surface area contributed by atoms with E-state index in [1.165, 1.54) is 0 Å². The molecule has 0 heterocycles. The van der Waals surface area contributed by atoms with Gasteiger partial charge in [0.2, 0.25) is 0 Å². The average molecular weight is 267 g/mol. The molecular formula is C4H8MnN2S4.